The Morgan fingerprint density at radius 2 is 0.721 bits per heavy atom. The van der Waals surface area contributed by atoms with Crippen LogP contribution < -0.4 is 9.80 Å². The molecule has 0 atom stereocenters. The Balaban J connectivity index is 1.23. The molecule has 0 bridgehead atoms. The van der Waals surface area contributed by atoms with Crippen molar-refractivity contribution in [2.75, 3.05) is 9.80 Å². The molecule has 1 aromatic heterocycles. The van der Waals surface area contributed by atoms with Gasteiger partial charge in [-0.05, 0) is 82.2 Å². The van der Waals surface area contributed by atoms with Crippen molar-refractivity contribution in [1.29, 1.82) is 0 Å². The maximum atomic E-state index is 7.37. The van der Waals surface area contributed by atoms with Crippen LogP contribution in [-0.2, 0) is 0 Å². The predicted molar refractivity (Wildman–Crippen MR) is 257 cm³/mol. The van der Waals surface area contributed by atoms with Gasteiger partial charge in [0.25, 0.3) is 0 Å². The molecule has 11 aromatic rings. The largest absolute Gasteiger partial charge is 0.453 e. The van der Waals surface area contributed by atoms with Crippen molar-refractivity contribution in [2.45, 2.75) is 0 Å². The van der Waals surface area contributed by atoms with Crippen molar-refractivity contribution in [2.24, 2.45) is 0 Å². The molecular formula is C58H40N2O. The third kappa shape index (κ3) is 6.50. The van der Waals surface area contributed by atoms with Gasteiger partial charge in [-0.1, -0.05) is 188 Å². The summed E-state index contributed by atoms with van der Waals surface area (Å²) in [6, 6.07) is 86.3. The molecule has 0 spiro atoms. The Labute approximate surface area is 355 Å². The third-order valence-corrected chi connectivity index (χ3v) is 11.7. The minimum atomic E-state index is 0.803. The summed E-state index contributed by atoms with van der Waals surface area (Å²) in [5.74, 6) is 0. The molecule has 0 unspecified atom stereocenters. The Morgan fingerprint density at radius 3 is 1.34 bits per heavy atom. The molecule has 0 saturated heterocycles. The lowest BCUT2D eigenvalue weighted by molar-refractivity contribution is 0.673. The van der Waals surface area contributed by atoms with E-state index >= 15 is 0 Å². The molecule has 10 aromatic carbocycles. The summed E-state index contributed by atoms with van der Waals surface area (Å²) in [5.41, 5.74) is 14.7. The zero-order chi connectivity index (χ0) is 40.5. The fourth-order valence-electron chi connectivity index (χ4n) is 8.83. The van der Waals surface area contributed by atoms with E-state index in [4.69, 9.17) is 4.42 Å². The lowest BCUT2D eigenvalue weighted by Crippen LogP contribution is -2.14. The van der Waals surface area contributed by atoms with Crippen LogP contribution in [0.5, 0.6) is 0 Å². The van der Waals surface area contributed by atoms with Gasteiger partial charge in [-0.3, -0.25) is 0 Å². The van der Waals surface area contributed by atoms with E-state index in [-0.39, 0.29) is 0 Å². The zero-order valence-corrected chi connectivity index (χ0v) is 33.4. The van der Waals surface area contributed by atoms with E-state index in [1.165, 1.54) is 5.56 Å². The summed E-state index contributed by atoms with van der Waals surface area (Å²) in [5, 5.41) is 4.30. The Kier molecular flexibility index (Phi) is 9.18. The molecule has 0 radical (unpaired) electrons. The van der Waals surface area contributed by atoms with Gasteiger partial charge in [0.15, 0.2) is 5.58 Å². The first kappa shape index (κ1) is 36.0. The van der Waals surface area contributed by atoms with E-state index in [1.807, 2.05) is 0 Å². The summed E-state index contributed by atoms with van der Waals surface area (Å²) in [4.78, 5) is 4.77. The van der Waals surface area contributed by atoms with Crippen LogP contribution >= 0.6 is 0 Å². The molecule has 61 heavy (non-hydrogen) atoms. The average molecular weight is 781 g/mol. The van der Waals surface area contributed by atoms with Gasteiger partial charge in [-0.25, -0.2) is 0 Å². The minimum absolute atomic E-state index is 0.803. The molecule has 11 rings (SSSR count). The smallest absolute Gasteiger partial charge is 0.161 e. The van der Waals surface area contributed by atoms with E-state index in [2.05, 4.69) is 252 Å². The summed E-state index contributed by atoms with van der Waals surface area (Å²) in [7, 11) is 0. The summed E-state index contributed by atoms with van der Waals surface area (Å²) < 4.78 is 7.37. The lowest BCUT2D eigenvalue weighted by atomic mass is 9.99. The van der Waals surface area contributed by atoms with Crippen molar-refractivity contribution in [3.8, 4) is 33.4 Å². The monoisotopic (exact) mass is 780 g/mol. The second-order valence-electron chi connectivity index (χ2n) is 15.3. The second kappa shape index (κ2) is 15.6. The van der Waals surface area contributed by atoms with Crippen LogP contribution in [0.4, 0.5) is 34.1 Å². The maximum Gasteiger partial charge on any atom is 0.161 e. The van der Waals surface area contributed by atoms with Crippen LogP contribution in [0.1, 0.15) is 0 Å². The van der Waals surface area contributed by atoms with Crippen molar-refractivity contribution in [1.82, 2.24) is 0 Å². The van der Waals surface area contributed by atoms with E-state index < -0.39 is 0 Å². The first-order chi connectivity index (χ1) is 30.3. The quantitative estimate of drug-likeness (QED) is 0.145. The average Bonchev–Trinajstić information content (AvgIpc) is 3.75. The Morgan fingerprint density at radius 1 is 0.262 bits per heavy atom. The highest BCUT2D eigenvalue weighted by atomic mass is 16.3. The second-order valence-corrected chi connectivity index (χ2v) is 15.3. The fourth-order valence-corrected chi connectivity index (χ4v) is 8.83. The van der Waals surface area contributed by atoms with Crippen LogP contribution in [-0.4, -0.2) is 0 Å². The van der Waals surface area contributed by atoms with E-state index in [9.17, 15) is 0 Å². The highest BCUT2D eigenvalue weighted by molar-refractivity contribution is 6.22. The standard InChI is InChI=1S/C58H40N2O/c1-5-19-41(20-6-1)42-33-36-47(37-34-42)60(53-32-18-16-29-49(53)44-23-9-3-10-24-44)55-40-39-54(56-51-38-35-45-25-13-14-30-50(45)57(51)61-58(55)56)59(46-26-11-4-12-27-46)52-31-17-15-28-48(52)43-21-7-2-8-22-43/h1-40H. The number of hydrogen-bond donors (Lipinski definition) is 0. The van der Waals surface area contributed by atoms with Gasteiger partial charge in [0.1, 0.15) is 5.58 Å². The molecular weight excluding hydrogens is 741 g/mol. The fraction of sp³-hybridized carbons (Fsp3) is 0. The van der Waals surface area contributed by atoms with E-state index in [1.54, 1.807) is 0 Å². The van der Waals surface area contributed by atoms with E-state index in [0.29, 0.717) is 0 Å². The number of rotatable bonds is 9. The normalized spacial score (nSPS) is 11.3. The maximum absolute atomic E-state index is 7.37. The molecule has 3 heteroatoms. The van der Waals surface area contributed by atoms with E-state index in [0.717, 1.165) is 94.7 Å². The highest BCUT2D eigenvalue weighted by Gasteiger charge is 2.28. The first-order valence-electron chi connectivity index (χ1n) is 20.8. The van der Waals surface area contributed by atoms with Crippen LogP contribution in [0.25, 0.3) is 66.1 Å². The summed E-state index contributed by atoms with van der Waals surface area (Å²) >= 11 is 0. The third-order valence-electron chi connectivity index (χ3n) is 11.7. The van der Waals surface area contributed by atoms with Gasteiger partial charge in [0.05, 0.1) is 28.1 Å². The number of para-hydroxylation sites is 3. The minimum Gasteiger partial charge on any atom is -0.453 e. The molecule has 0 aliphatic heterocycles. The molecule has 0 aliphatic rings. The number of furan rings is 1. The van der Waals surface area contributed by atoms with Crippen molar-refractivity contribution in [3.05, 3.63) is 243 Å². The molecule has 1 heterocycles. The molecule has 0 saturated carbocycles. The van der Waals surface area contributed by atoms with Crippen LogP contribution in [0.3, 0.4) is 0 Å². The Hall–Kier alpha value is -8.14. The van der Waals surface area contributed by atoms with Gasteiger partial charge in [-0.15, -0.1) is 0 Å². The Bertz CT molecular complexity index is 3290. The number of fused-ring (bicyclic) bond motifs is 5. The van der Waals surface area contributed by atoms with Gasteiger partial charge < -0.3 is 14.2 Å². The molecule has 0 aliphatic carbocycles. The van der Waals surface area contributed by atoms with Crippen molar-refractivity contribution < 1.29 is 4.42 Å². The molecule has 0 N–H and O–H groups in total. The molecule has 0 fully saturated rings. The SMILES string of the molecule is c1ccc(-c2ccc(N(c3ccccc3-c3ccccc3)c3ccc(N(c4ccccc4)c4ccccc4-c4ccccc4)c4c3oc3c5ccccc5ccc34)cc2)cc1. The van der Waals surface area contributed by atoms with Crippen molar-refractivity contribution in [3.63, 3.8) is 0 Å². The molecule has 288 valence electrons. The molecule has 0 amide bonds. The van der Waals surface area contributed by atoms with Gasteiger partial charge in [0, 0.05) is 33.3 Å². The number of benzene rings is 10. The van der Waals surface area contributed by atoms with Crippen LogP contribution in [0.15, 0.2) is 247 Å². The number of anilines is 6. The van der Waals surface area contributed by atoms with Crippen molar-refractivity contribution >= 4 is 66.8 Å². The highest BCUT2D eigenvalue weighted by Crippen LogP contribution is 2.52. The molecule has 3 nitrogen and oxygen atoms in total. The summed E-state index contributed by atoms with van der Waals surface area (Å²) in [6.07, 6.45) is 0. The zero-order valence-electron chi connectivity index (χ0n) is 33.4. The number of hydrogen-bond acceptors (Lipinski definition) is 3. The topological polar surface area (TPSA) is 19.6 Å². The summed E-state index contributed by atoms with van der Waals surface area (Å²) in [6.45, 7) is 0. The van der Waals surface area contributed by atoms with Gasteiger partial charge in [0.2, 0.25) is 0 Å². The van der Waals surface area contributed by atoms with Gasteiger partial charge >= 0.3 is 0 Å². The first-order valence-corrected chi connectivity index (χ1v) is 20.8. The number of nitrogens with zero attached hydrogens (tertiary/aromatic N) is 2. The van der Waals surface area contributed by atoms with Crippen LogP contribution in [0.2, 0.25) is 0 Å². The van der Waals surface area contributed by atoms with Crippen LogP contribution in [0, 0.1) is 0 Å². The van der Waals surface area contributed by atoms with Gasteiger partial charge in [-0.2, -0.15) is 0 Å². The predicted octanol–water partition coefficient (Wildman–Crippen LogP) is 16.7. The lowest BCUT2D eigenvalue weighted by Gasteiger charge is -2.31.